The van der Waals surface area contributed by atoms with Gasteiger partial charge < -0.3 is 4.90 Å². The largest absolute Gasteiger partial charge is 0.302 e. The average Bonchev–Trinajstić information content (AvgIpc) is 3.23. The van der Waals surface area contributed by atoms with Gasteiger partial charge in [-0.2, -0.15) is 9.40 Å². The Morgan fingerprint density at radius 3 is 2.38 bits per heavy atom. The summed E-state index contributed by atoms with van der Waals surface area (Å²) in [6, 6.07) is 23.5. The molecule has 0 N–H and O–H groups in total. The second-order valence-corrected chi connectivity index (χ2v) is 11.4. The normalized spacial score (nSPS) is 13.8. The van der Waals surface area contributed by atoms with Gasteiger partial charge in [-0.15, -0.1) is 0 Å². The molecule has 5 rings (SSSR count). The molecule has 37 heavy (non-hydrogen) atoms. The summed E-state index contributed by atoms with van der Waals surface area (Å²) >= 11 is 6.23. The zero-order valence-electron chi connectivity index (χ0n) is 20.6. The van der Waals surface area contributed by atoms with Crippen molar-refractivity contribution in [2.24, 2.45) is 7.05 Å². The number of benzene rings is 3. The smallest absolute Gasteiger partial charge is 0.258 e. The van der Waals surface area contributed by atoms with E-state index in [0.29, 0.717) is 34.8 Å². The van der Waals surface area contributed by atoms with E-state index in [1.807, 2.05) is 55.6 Å². The zero-order valence-corrected chi connectivity index (χ0v) is 22.2. The second kappa shape index (κ2) is 10.1. The number of rotatable bonds is 6. The van der Waals surface area contributed by atoms with Crippen LogP contribution in [0.4, 0.5) is 5.69 Å². The van der Waals surface area contributed by atoms with Crippen LogP contribution in [0.2, 0.25) is 5.02 Å². The molecule has 0 saturated heterocycles. The van der Waals surface area contributed by atoms with Crippen LogP contribution in [-0.4, -0.2) is 35.0 Å². The van der Waals surface area contributed by atoms with Crippen molar-refractivity contribution in [2.75, 3.05) is 11.4 Å². The monoisotopic (exact) mass is 534 g/mol. The third kappa shape index (κ3) is 4.80. The molecule has 0 atom stereocenters. The lowest BCUT2D eigenvalue weighted by Crippen LogP contribution is -2.37. The SMILES string of the molecule is Cc1c(Cl)cccc1S(=O)(=O)N1CCc2c(c(CN(C(=O)c3ccccc3)c3ccccc3)nn2C)C1. The summed E-state index contributed by atoms with van der Waals surface area (Å²) in [6.45, 7) is 2.44. The molecule has 0 unspecified atom stereocenters. The van der Waals surface area contributed by atoms with Crippen molar-refractivity contribution in [3.63, 3.8) is 0 Å². The summed E-state index contributed by atoms with van der Waals surface area (Å²) in [6.07, 6.45) is 0.523. The molecule has 0 aliphatic carbocycles. The van der Waals surface area contributed by atoms with Gasteiger partial charge in [0.15, 0.2) is 0 Å². The minimum absolute atomic E-state index is 0.152. The van der Waals surface area contributed by atoms with E-state index in [9.17, 15) is 13.2 Å². The Kier molecular flexibility index (Phi) is 6.90. The maximum absolute atomic E-state index is 13.6. The fourth-order valence-electron chi connectivity index (χ4n) is 4.76. The molecule has 0 bridgehead atoms. The van der Waals surface area contributed by atoms with Crippen LogP contribution < -0.4 is 4.90 Å². The van der Waals surface area contributed by atoms with Gasteiger partial charge in [-0.05, 0) is 48.9 Å². The molecule has 3 aromatic carbocycles. The molecular weight excluding hydrogens is 508 g/mol. The molecule has 1 amide bonds. The Morgan fingerprint density at radius 2 is 1.68 bits per heavy atom. The Hall–Kier alpha value is -3.46. The number of carbonyl (C=O) groups is 1. The van der Waals surface area contributed by atoms with Crippen molar-refractivity contribution in [3.8, 4) is 0 Å². The molecular formula is C28H27ClN4O3S. The molecule has 7 nitrogen and oxygen atoms in total. The number of carbonyl (C=O) groups excluding carboxylic acids is 1. The first kappa shape index (κ1) is 25.2. The molecule has 0 radical (unpaired) electrons. The van der Waals surface area contributed by atoms with E-state index < -0.39 is 10.0 Å². The molecule has 1 aliphatic rings. The highest BCUT2D eigenvalue weighted by Crippen LogP contribution is 2.31. The van der Waals surface area contributed by atoms with Gasteiger partial charge in [-0.3, -0.25) is 9.48 Å². The number of para-hydroxylation sites is 1. The lowest BCUT2D eigenvalue weighted by molar-refractivity contribution is 0.0984. The molecule has 1 aliphatic heterocycles. The average molecular weight is 535 g/mol. The predicted octanol–water partition coefficient (Wildman–Crippen LogP) is 4.98. The summed E-state index contributed by atoms with van der Waals surface area (Å²) in [4.78, 5) is 15.5. The summed E-state index contributed by atoms with van der Waals surface area (Å²) in [5, 5.41) is 5.15. The number of halogens is 1. The van der Waals surface area contributed by atoms with Gasteiger partial charge in [-0.25, -0.2) is 8.42 Å². The van der Waals surface area contributed by atoms with E-state index in [-0.39, 0.29) is 23.9 Å². The standard InChI is InChI=1S/C28H27ClN4O3S/c1-20-24(29)14-9-15-27(20)37(35,36)32-17-16-26-23(18-32)25(30-31(26)2)19-33(22-12-7-4-8-13-22)28(34)21-10-5-3-6-11-21/h3-15H,16-19H2,1-2H3. The first-order valence-corrected chi connectivity index (χ1v) is 13.8. The summed E-state index contributed by atoms with van der Waals surface area (Å²) in [5.74, 6) is -0.152. The van der Waals surface area contributed by atoms with Crippen molar-refractivity contribution in [1.29, 1.82) is 0 Å². The zero-order chi connectivity index (χ0) is 26.2. The van der Waals surface area contributed by atoms with Gasteiger partial charge in [0.25, 0.3) is 5.91 Å². The molecule has 0 saturated carbocycles. The van der Waals surface area contributed by atoms with Crippen LogP contribution >= 0.6 is 11.6 Å². The third-order valence-electron chi connectivity index (χ3n) is 6.77. The van der Waals surface area contributed by atoms with Gasteiger partial charge >= 0.3 is 0 Å². The number of aromatic nitrogens is 2. The number of aryl methyl sites for hydroxylation is 1. The second-order valence-electron chi connectivity index (χ2n) is 9.04. The van der Waals surface area contributed by atoms with Crippen molar-refractivity contribution in [2.45, 2.75) is 31.3 Å². The summed E-state index contributed by atoms with van der Waals surface area (Å²) in [7, 11) is -1.91. The topological polar surface area (TPSA) is 75.5 Å². The minimum Gasteiger partial charge on any atom is -0.302 e. The number of nitrogens with zero attached hydrogens (tertiary/aromatic N) is 4. The number of sulfonamides is 1. The highest BCUT2D eigenvalue weighted by Gasteiger charge is 2.34. The highest BCUT2D eigenvalue weighted by atomic mass is 35.5. The lowest BCUT2D eigenvalue weighted by Gasteiger charge is -2.28. The van der Waals surface area contributed by atoms with E-state index in [1.165, 1.54) is 4.31 Å². The van der Waals surface area contributed by atoms with Crippen molar-refractivity contribution in [3.05, 3.63) is 112 Å². The molecule has 9 heteroatoms. The van der Waals surface area contributed by atoms with Crippen LogP contribution in [-0.2, 0) is 36.6 Å². The van der Waals surface area contributed by atoms with Crippen LogP contribution in [0.5, 0.6) is 0 Å². The van der Waals surface area contributed by atoms with Crippen molar-refractivity contribution < 1.29 is 13.2 Å². The molecule has 2 heterocycles. The fraction of sp³-hybridized carbons (Fsp3) is 0.214. The van der Waals surface area contributed by atoms with E-state index in [4.69, 9.17) is 16.7 Å². The van der Waals surface area contributed by atoms with E-state index in [0.717, 1.165) is 16.9 Å². The quantitative estimate of drug-likeness (QED) is 0.350. The van der Waals surface area contributed by atoms with Crippen LogP contribution in [0.3, 0.4) is 0 Å². The Labute approximate surface area is 222 Å². The van der Waals surface area contributed by atoms with Crippen LogP contribution in [0.25, 0.3) is 0 Å². The third-order valence-corrected chi connectivity index (χ3v) is 9.17. The number of hydrogen-bond acceptors (Lipinski definition) is 4. The van der Waals surface area contributed by atoms with E-state index in [1.54, 1.807) is 46.8 Å². The van der Waals surface area contributed by atoms with Gasteiger partial charge in [0.05, 0.1) is 17.1 Å². The van der Waals surface area contributed by atoms with Gasteiger partial charge in [0.2, 0.25) is 10.0 Å². The number of hydrogen-bond donors (Lipinski definition) is 0. The minimum atomic E-state index is -3.77. The van der Waals surface area contributed by atoms with Crippen LogP contribution in [0, 0.1) is 6.92 Å². The molecule has 190 valence electrons. The highest BCUT2D eigenvalue weighted by molar-refractivity contribution is 7.89. The van der Waals surface area contributed by atoms with Crippen LogP contribution in [0.15, 0.2) is 83.8 Å². The van der Waals surface area contributed by atoms with Gasteiger partial charge in [-0.1, -0.05) is 54.1 Å². The Morgan fingerprint density at radius 1 is 1.00 bits per heavy atom. The number of anilines is 1. The Bertz CT molecular complexity index is 1550. The fourth-order valence-corrected chi connectivity index (χ4v) is 6.64. The van der Waals surface area contributed by atoms with Crippen molar-refractivity contribution in [1.82, 2.24) is 14.1 Å². The summed E-state index contributed by atoms with van der Waals surface area (Å²) in [5.41, 5.74) is 4.32. The van der Waals surface area contributed by atoms with Crippen molar-refractivity contribution >= 4 is 33.2 Å². The van der Waals surface area contributed by atoms with E-state index >= 15 is 0 Å². The summed E-state index contributed by atoms with van der Waals surface area (Å²) < 4.78 is 30.5. The van der Waals surface area contributed by atoms with Gasteiger partial charge in [0.1, 0.15) is 0 Å². The molecule has 4 aromatic rings. The number of fused-ring (bicyclic) bond motifs is 1. The van der Waals surface area contributed by atoms with E-state index in [2.05, 4.69) is 0 Å². The number of amides is 1. The molecule has 1 aromatic heterocycles. The maximum Gasteiger partial charge on any atom is 0.258 e. The lowest BCUT2D eigenvalue weighted by atomic mass is 10.1. The molecule has 0 spiro atoms. The van der Waals surface area contributed by atoms with Crippen LogP contribution in [0.1, 0.15) is 32.9 Å². The maximum atomic E-state index is 13.6. The first-order chi connectivity index (χ1) is 17.8. The Balaban J connectivity index is 1.51. The predicted molar refractivity (Wildman–Crippen MR) is 144 cm³/mol. The van der Waals surface area contributed by atoms with Gasteiger partial charge in [0, 0.05) is 54.1 Å². The first-order valence-electron chi connectivity index (χ1n) is 12.0. The molecule has 0 fully saturated rings.